The largest absolute Gasteiger partial charge is 0.399 e. The maximum atomic E-state index is 12.2. The molecule has 1 amide bonds. The number of carbonyl (C=O) groups excluding carboxylic acids is 1. The molecule has 0 heterocycles. The van der Waals surface area contributed by atoms with Gasteiger partial charge in [0.25, 0.3) is 5.91 Å². The highest BCUT2D eigenvalue weighted by Gasteiger charge is 2.09. The van der Waals surface area contributed by atoms with Crippen molar-refractivity contribution >= 4 is 11.6 Å². The van der Waals surface area contributed by atoms with Gasteiger partial charge in [0.05, 0.1) is 0 Å². The molecular weight excluding hydrogens is 248 g/mol. The molecule has 2 rings (SSSR count). The van der Waals surface area contributed by atoms with E-state index in [1.807, 2.05) is 25.1 Å². The van der Waals surface area contributed by atoms with Crippen LogP contribution < -0.4 is 11.1 Å². The lowest BCUT2D eigenvalue weighted by Gasteiger charge is -2.11. The van der Waals surface area contributed by atoms with Crippen LogP contribution in [0.2, 0.25) is 0 Å². The predicted molar refractivity (Wildman–Crippen MR) is 82.6 cm³/mol. The highest BCUT2D eigenvalue weighted by atomic mass is 16.1. The minimum Gasteiger partial charge on any atom is -0.399 e. The number of hydrogen-bond donors (Lipinski definition) is 2. The van der Waals surface area contributed by atoms with Gasteiger partial charge in [-0.05, 0) is 48.2 Å². The Balaban J connectivity index is 2.09. The Morgan fingerprint density at radius 2 is 1.85 bits per heavy atom. The van der Waals surface area contributed by atoms with Gasteiger partial charge < -0.3 is 11.1 Å². The van der Waals surface area contributed by atoms with Crippen LogP contribution >= 0.6 is 0 Å². The van der Waals surface area contributed by atoms with Crippen LogP contribution in [0.5, 0.6) is 0 Å². The molecule has 0 saturated heterocycles. The van der Waals surface area contributed by atoms with Crippen molar-refractivity contribution < 1.29 is 4.79 Å². The molecule has 3 N–H and O–H groups in total. The smallest absolute Gasteiger partial charge is 0.251 e. The van der Waals surface area contributed by atoms with E-state index < -0.39 is 0 Å². The van der Waals surface area contributed by atoms with Gasteiger partial charge >= 0.3 is 0 Å². The van der Waals surface area contributed by atoms with Crippen LogP contribution in [0.4, 0.5) is 5.69 Å². The average Bonchev–Trinajstić information content (AvgIpc) is 2.45. The van der Waals surface area contributed by atoms with Gasteiger partial charge in [-0.3, -0.25) is 4.79 Å². The molecule has 0 saturated carbocycles. The Morgan fingerprint density at radius 3 is 2.50 bits per heavy atom. The zero-order chi connectivity index (χ0) is 14.5. The van der Waals surface area contributed by atoms with Gasteiger partial charge in [-0.2, -0.15) is 0 Å². The minimum absolute atomic E-state index is 0.0617. The van der Waals surface area contributed by atoms with Gasteiger partial charge in [-0.1, -0.05) is 31.2 Å². The second kappa shape index (κ2) is 6.24. The Kier molecular flexibility index (Phi) is 4.41. The normalized spacial score (nSPS) is 10.3. The van der Waals surface area contributed by atoms with Gasteiger partial charge in [-0.15, -0.1) is 0 Å². The third kappa shape index (κ3) is 3.18. The third-order valence-electron chi connectivity index (χ3n) is 3.43. The van der Waals surface area contributed by atoms with Crippen LogP contribution in [0.3, 0.4) is 0 Å². The Hall–Kier alpha value is -2.29. The number of anilines is 1. The Morgan fingerprint density at radius 1 is 1.15 bits per heavy atom. The maximum absolute atomic E-state index is 12.2. The number of rotatable bonds is 4. The number of carbonyl (C=O) groups is 1. The van der Waals surface area contributed by atoms with Crippen molar-refractivity contribution in [3.63, 3.8) is 0 Å². The fraction of sp³-hybridized carbons (Fsp3) is 0.235. The molecule has 2 aromatic carbocycles. The van der Waals surface area contributed by atoms with Crippen molar-refractivity contribution in [1.29, 1.82) is 0 Å². The second-order valence-corrected chi connectivity index (χ2v) is 4.88. The Bertz CT molecular complexity index is 620. The number of amides is 1. The fourth-order valence-electron chi connectivity index (χ4n) is 2.29. The highest BCUT2D eigenvalue weighted by molar-refractivity contribution is 5.95. The number of nitrogens with one attached hydrogen (secondary N) is 1. The first-order chi connectivity index (χ1) is 9.61. The van der Waals surface area contributed by atoms with Gasteiger partial charge in [0.1, 0.15) is 0 Å². The molecule has 0 bridgehead atoms. The summed E-state index contributed by atoms with van der Waals surface area (Å²) in [4.78, 5) is 12.2. The van der Waals surface area contributed by atoms with E-state index in [2.05, 4.69) is 24.4 Å². The SMILES string of the molecule is CCc1ccccc1CNC(=O)c1ccc(N)cc1C. The van der Waals surface area contributed by atoms with Crippen LogP contribution in [0.15, 0.2) is 42.5 Å². The lowest BCUT2D eigenvalue weighted by atomic mass is 10.0. The van der Waals surface area contributed by atoms with E-state index in [-0.39, 0.29) is 5.91 Å². The summed E-state index contributed by atoms with van der Waals surface area (Å²) in [6.07, 6.45) is 0.965. The Labute approximate surface area is 119 Å². The first-order valence-corrected chi connectivity index (χ1v) is 6.83. The summed E-state index contributed by atoms with van der Waals surface area (Å²) < 4.78 is 0. The average molecular weight is 268 g/mol. The van der Waals surface area contributed by atoms with E-state index in [1.54, 1.807) is 12.1 Å². The summed E-state index contributed by atoms with van der Waals surface area (Å²) in [6, 6.07) is 13.5. The molecule has 104 valence electrons. The molecule has 0 aliphatic carbocycles. The third-order valence-corrected chi connectivity index (χ3v) is 3.43. The molecule has 20 heavy (non-hydrogen) atoms. The summed E-state index contributed by atoms with van der Waals surface area (Å²) >= 11 is 0. The van der Waals surface area contributed by atoms with E-state index in [9.17, 15) is 4.79 Å². The van der Waals surface area contributed by atoms with Gasteiger partial charge in [0.2, 0.25) is 0 Å². The highest BCUT2D eigenvalue weighted by Crippen LogP contribution is 2.13. The quantitative estimate of drug-likeness (QED) is 0.837. The molecule has 2 aromatic rings. The van der Waals surface area contributed by atoms with E-state index in [0.717, 1.165) is 17.5 Å². The van der Waals surface area contributed by atoms with Crippen molar-refractivity contribution in [2.75, 3.05) is 5.73 Å². The molecule has 0 aromatic heterocycles. The summed E-state index contributed by atoms with van der Waals surface area (Å²) in [6.45, 7) is 4.56. The number of hydrogen-bond acceptors (Lipinski definition) is 2. The summed E-state index contributed by atoms with van der Waals surface area (Å²) in [7, 11) is 0. The molecule has 0 atom stereocenters. The maximum Gasteiger partial charge on any atom is 0.251 e. The molecule has 0 spiro atoms. The number of benzene rings is 2. The molecule has 3 heteroatoms. The standard InChI is InChI=1S/C17H20N2O/c1-3-13-6-4-5-7-14(13)11-19-17(20)16-9-8-15(18)10-12(16)2/h4-10H,3,11,18H2,1-2H3,(H,19,20). The van der Waals surface area contributed by atoms with Crippen molar-refractivity contribution in [3.05, 3.63) is 64.7 Å². The number of nitrogen functional groups attached to an aromatic ring is 1. The molecule has 3 nitrogen and oxygen atoms in total. The lowest BCUT2D eigenvalue weighted by molar-refractivity contribution is 0.0950. The van der Waals surface area contributed by atoms with Crippen LogP contribution in [-0.2, 0) is 13.0 Å². The lowest BCUT2D eigenvalue weighted by Crippen LogP contribution is -2.24. The predicted octanol–water partition coefficient (Wildman–Crippen LogP) is 3.07. The number of aryl methyl sites for hydroxylation is 2. The zero-order valence-corrected chi connectivity index (χ0v) is 11.9. The summed E-state index contributed by atoms with van der Waals surface area (Å²) in [5.41, 5.74) is 10.4. The molecule has 0 unspecified atom stereocenters. The molecule has 0 radical (unpaired) electrons. The monoisotopic (exact) mass is 268 g/mol. The second-order valence-electron chi connectivity index (χ2n) is 4.88. The summed E-state index contributed by atoms with van der Waals surface area (Å²) in [5, 5.41) is 2.97. The van der Waals surface area contributed by atoms with Crippen LogP contribution in [0.1, 0.15) is 34.0 Å². The van der Waals surface area contributed by atoms with Crippen LogP contribution in [0.25, 0.3) is 0 Å². The van der Waals surface area contributed by atoms with Crippen molar-refractivity contribution in [1.82, 2.24) is 5.32 Å². The fourth-order valence-corrected chi connectivity index (χ4v) is 2.29. The van der Waals surface area contributed by atoms with E-state index in [4.69, 9.17) is 5.73 Å². The van der Waals surface area contributed by atoms with Crippen molar-refractivity contribution in [3.8, 4) is 0 Å². The van der Waals surface area contributed by atoms with Crippen LogP contribution in [-0.4, -0.2) is 5.91 Å². The van der Waals surface area contributed by atoms with Gasteiger partial charge in [-0.25, -0.2) is 0 Å². The zero-order valence-electron chi connectivity index (χ0n) is 11.9. The minimum atomic E-state index is -0.0617. The summed E-state index contributed by atoms with van der Waals surface area (Å²) in [5.74, 6) is -0.0617. The number of nitrogens with two attached hydrogens (primary N) is 1. The topological polar surface area (TPSA) is 55.1 Å². The van der Waals surface area contributed by atoms with E-state index >= 15 is 0 Å². The van der Waals surface area contributed by atoms with E-state index in [0.29, 0.717) is 17.8 Å². The molecule has 0 aliphatic rings. The molecular formula is C17H20N2O. The van der Waals surface area contributed by atoms with Gasteiger partial charge in [0, 0.05) is 17.8 Å². The van der Waals surface area contributed by atoms with Crippen LogP contribution in [0, 0.1) is 6.92 Å². The van der Waals surface area contributed by atoms with Crippen molar-refractivity contribution in [2.45, 2.75) is 26.8 Å². The van der Waals surface area contributed by atoms with Gasteiger partial charge in [0.15, 0.2) is 0 Å². The van der Waals surface area contributed by atoms with Crippen molar-refractivity contribution in [2.24, 2.45) is 0 Å². The first-order valence-electron chi connectivity index (χ1n) is 6.83. The first kappa shape index (κ1) is 14.1. The van der Waals surface area contributed by atoms with E-state index in [1.165, 1.54) is 5.56 Å². The molecule has 0 fully saturated rings. The molecule has 0 aliphatic heterocycles.